The number of halogens is 3. The first kappa shape index (κ1) is 18.1. The van der Waals surface area contributed by atoms with E-state index < -0.39 is 5.82 Å². The summed E-state index contributed by atoms with van der Waals surface area (Å²) in [6.07, 6.45) is 5.46. The summed E-state index contributed by atoms with van der Waals surface area (Å²) in [4.78, 5) is 16.5. The van der Waals surface area contributed by atoms with E-state index in [1.54, 1.807) is 0 Å². The van der Waals surface area contributed by atoms with Crippen LogP contribution >= 0.6 is 24.8 Å². The van der Waals surface area contributed by atoms with Gasteiger partial charge in [-0.05, 0) is 37.4 Å². The van der Waals surface area contributed by atoms with Gasteiger partial charge in [-0.1, -0.05) is 12.8 Å². The Bertz CT molecular complexity index is 486. The maximum absolute atomic E-state index is 12.8. The van der Waals surface area contributed by atoms with Gasteiger partial charge in [-0.2, -0.15) is 0 Å². The van der Waals surface area contributed by atoms with Crippen LogP contribution < -0.4 is 10.6 Å². The van der Waals surface area contributed by atoms with Crippen LogP contribution in [0.2, 0.25) is 0 Å². The summed E-state index contributed by atoms with van der Waals surface area (Å²) >= 11 is 0. The number of hydrogen-bond acceptors (Lipinski definition) is 3. The number of aromatic nitrogens is 1. The maximum atomic E-state index is 12.8. The molecule has 2 fully saturated rings. The molecule has 2 N–H and O–H groups in total. The summed E-state index contributed by atoms with van der Waals surface area (Å²) in [5, 5.41) is 6.18. The number of amides is 1. The lowest BCUT2D eigenvalue weighted by Gasteiger charge is -2.36. The van der Waals surface area contributed by atoms with E-state index in [0.717, 1.165) is 38.5 Å². The molecule has 1 aliphatic heterocycles. The number of anilines is 1. The van der Waals surface area contributed by atoms with E-state index in [9.17, 15) is 9.18 Å². The van der Waals surface area contributed by atoms with E-state index >= 15 is 0 Å². The highest BCUT2D eigenvalue weighted by molar-refractivity contribution is 5.95. The average molecular weight is 336 g/mol. The molecule has 1 saturated heterocycles. The number of pyridine rings is 1. The topological polar surface area (TPSA) is 54.0 Å². The highest BCUT2D eigenvalue weighted by Crippen LogP contribution is 2.44. The number of carbonyl (C=O) groups is 1. The minimum atomic E-state index is -0.394. The fraction of sp³-hybridized carbons (Fsp3) is 0.571. The standard InChI is InChI=1S/C14H18FN3O.2ClH/c15-11-4-5-12(17-8-11)18-13(19)14-6-2-1-3-10(14)7-16-9-14;;/h4-5,8,10,16H,1-3,6-7,9H2,(H,17,18,19);2*1H/t10-,14+;;/m0../s1. The zero-order valence-electron chi connectivity index (χ0n) is 11.6. The molecule has 2 aliphatic rings. The summed E-state index contributed by atoms with van der Waals surface area (Å²) in [7, 11) is 0. The number of nitrogens with one attached hydrogen (secondary N) is 2. The normalized spacial score (nSPS) is 27.0. The number of rotatable bonds is 2. The zero-order chi connectivity index (χ0) is 13.3. The van der Waals surface area contributed by atoms with Gasteiger partial charge in [0.2, 0.25) is 5.91 Å². The minimum absolute atomic E-state index is 0. The van der Waals surface area contributed by atoms with E-state index in [2.05, 4.69) is 15.6 Å². The van der Waals surface area contributed by atoms with E-state index in [-0.39, 0.29) is 36.1 Å². The molecule has 0 spiro atoms. The van der Waals surface area contributed by atoms with Crippen LogP contribution in [0.1, 0.15) is 25.7 Å². The summed E-state index contributed by atoms with van der Waals surface area (Å²) in [6, 6.07) is 2.82. The molecule has 1 aromatic heterocycles. The van der Waals surface area contributed by atoms with Gasteiger partial charge in [-0.3, -0.25) is 4.79 Å². The molecule has 0 aromatic carbocycles. The second kappa shape index (κ2) is 7.38. The predicted octanol–water partition coefficient (Wildman–Crippen LogP) is 2.78. The van der Waals surface area contributed by atoms with Crippen LogP contribution in [0.25, 0.3) is 0 Å². The lowest BCUT2D eigenvalue weighted by atomic mass is 9.67. The molecular formula is C14H20Cl2FN3O. The molecule has 21 heavy (non-hydrogen) atoms. The van der Waals surface area contributed by atoms with E-state index in [1.165, 1.54) is 18.6 Å². The molecule has 1 saturated carbocycles. The number of hydrogen-bond donors (Lipinski definition) is 2. The SMILES string of the molecule is Cl.Cl.O=C(Nc1ccc(F)cn1)[C@@]12CCCC[C@H]1CNC2. The Morgan fingerprint density at radius 3 is 2.90 bits per heavy atom. The molecule has 1 aliphatic carbocycles. The van der Waals surface area contributed by atoms with E-state index in [1.807, 2.05) is 0 Å². The van der Waals surface area contributed by atoms with Gasteiger partial charge in [0, 0.05) is 6.54 Å². The monoisotopic (exact) mass is 335 g/mol. The van der Waals surface area contributed by atoms with Crippen LogP contribution in [-0.4, -0.2) is 24.0 Å². The highest BCUT2D eigenvalue weighted by Gasteiger charge is 2.49. The first-order valence-corrected chi connectivity index (χ1v) is 6.84. The van der Waals surface area contributed by atoms with Crippen molar-refractivity contribution in [1.82, 2.24) is 10.3 Å². The smallest absolute Gasteiger partial charge is 0.233 e. The van der Waals surface area contributed by atoms with Gasteiger partial charge < -0.3 is 10.6 Å². The Morgan fingerprint density at radius 1 is 1.38 bits per heavy atom. The Balaban J connectivity index is 0.00000110. The van der Waals surface area contributed by atoms with Crippen molar-refractivity contribution in [2.24, 2.45) is 11.3 Å². The largest absolute Gasteiger partial charge is 0.315 e. The van der Waals surface area contributed by atoms with Crippen molar-refractivity contribution < 1.29 is 9.18 Å². The molecule has 1 amide bonds. The van der Waals surface area contributed by atoms with Crippen molar-refractivity contribution in [2.75, 3.05) is 18.4 Å². The van der Waals surface area contributed by atoms with Gasteiger partial charge in [0.1, 0.15) is 11.6 Å². The van der Waals surface area contributed by atoms with Crippen LogP contribution in [0.4, 0.5) is 10.2 Å². The Kier molecular flexibility index (Phi) is 6.38. The predicted molar refractivity (Wildman–Crippen MR) is 84.6 cm³/mol. The van der Waals surface area contributed by atoms with Crippen LogP contribution in [0.5, 0.6) is 0 Å². The van der Waals surface area contributed by atoms with Gasteiger partial charge in [-0.25, -0.2) is 9.37 Å². The zero-order valence-corrected chi connectivity index (χ0v) is 13.2. The molecule has 2 atom stereocenters. The fourth-order valence-electron chi connectivity index (χ4n) is 3.38. The van der Waals surface area contributed by atoms with Crippen LogP contribution in [-0.2, 0) is 4.79 Å². The Labute approximate surface area is 136 Å². The average Bonchev–Trinajstić information content (AvgIpc) is 2.86. The van der Waals surface area contributed by atoms with Crippen LogP contribution in [0.3, 0.4) is 0 Å². The third kappa shape index (κ3) is 3.47. The van der Waals surface area contributed by atoms with Gasteiger partial charge >= 0.3 is 0 Å². The van der Waals surface area contributed by atoms with E-state index in [4.69, 9.17) is 0 Å². The van der Waals surface area contributed by atoms with Crippen molar-refractivity contribution in [3.05, 3.63) is 24.1 Å². The third-order valence-corrected chi connectivity index (χ3v) is 4.46. The summed E-state index contributed by atoms with van der Waals surface area (Å²) < 4.78 is 12.8. The lowest BCUT2D eigenvalue weighted by Crippen LogP contribution is -2.44. The van der Waals surface area contributed by atoms with Crippen molar-refractivity contribution in [1.29, 1.82) is 0 Å². The quantitative estimate of drug-likeness (QED) is 0.873. The lowest BCUT2D eigenvalue weighted by molar-refractivity contribution is -0.128. The molecular weight excluding hydrogens is 316 g/mol. The molecule has 4 nitrogen and oxygen atoms in total. The molecule has 2 heterocycles. The second-order valence-corrected chi connectivity index (χ2v) is 5.55. The van der Waals surface area contributed by atoms with Crippen molar-refractivity contribution in [2.45, 2.75) is 25.7 Å². The fourth-order valence-corrected chi connectivity index (χ4v) is 3.38. The molecule has 118 valence electrons. The molecule has 1 aromatic rings. The third-order valence-electron chi connectivity index (χ3n) is 4.46. The van der Waals surface area contributed by atoms with Crippen LogP contribution in [0, 0.1) is 17.2 Å². The van der Waals surface area contributed by atoms with E-state index in [0.29, 0.717) is 11.7 Å². The van der Waals surface area contributed by atoms with Crippen molar-refractivity contribution in [3.8, 4) is 0 Å². The van der Waals surface area contributed by atoms with Gasteiger partial charge in [-0.15, -0.1) is 24.8 Å². The molecule has 0 radical (unpaired) electrons. The number of carbonyl (C=O) groups excluding carboxylic acids is 1. The number of fused-ring (bicyclic) bond motifs is 1. The van der Waals surface area contributed by atoms with Crippen molar-refractivity contribution in [3.63, 3.8) is 0 Å². The first-order valence-electron chi connectivity index (χ1n) is 6.84. The number of nitrogens with zero attached hydrogens (tertiary/aromatic N) is 1. The molecule has 0 bridgehead atoms. The maximum Gasteiger partial charge on any atom is 0.233 e. The molecule has 3 rings (SSSR count). The summed E-state index contributed by atoms with van der Waals surface area (Å²) in [5.74, 6) is 0.481. The second-order valence-electron chi connectivity index (χ2n) is 5.55. The molecule has 0 unspecified atom stereocenters. The van der Waals surface area contributed by atoms with Crippen molar-refractivity contribution >= 4 is 36.5 Å². The van der Waals surface area contributed by atoms with Gasteiger partial charge in [0.05, 0.1) is 11.6 Å². The summed E-state index contributed by atoms with van der Waals surface area (Å²) in [5.41, 5.74) is -0.297. The van der Waals surface area contributed by atoms with Crippen LogP contribution in [0.15, 0.2) is 18.3 Å². The van der Waals surface area contributed by atoms with Gasteiger partial charge in [0.25, 0.3) is 0 Å². The first-order chi connectivity index (χ1) is 9.21. The Morgan fingerprint density at radius 2 is 2.19 bits per heavy atom. The summed E-state index contributed by atoms with van der Waals surface area (Å²) in [6.45, 7) is 1.66. The molecule has 7 heteroatoms. The van der Waals surface area contributed by atoms with Gasteiger partial charge in [0.15, 0.2) is 0 Å². The minimum Gasteiger partial charge on any atom is -0.315 e. The Hall–Kier alpha value is -0.910. The highest BCUT2D eigenvalue weighted by atomic mass is 35.5.